The molecule has 7 heteroatoms. The van der Waals surface area contributed by atoms with Crippen molar-refractivity contribution in [3.8, 4) is 0 Å². The number of benzene rings is 1. The molecule has 0 spiro atoms. The van der Waals surface area contributed by atoms with Crippen molar-refractivity contribution in [1.29, 1.82) is 0 Å². The van der Waals surface area contributed by atoms with Gasteiger partial charge in [-0.25, -0.2) is 13.2 Å². The summed E-state index contributed by atoms with van der Waals surface area (Å²) in [5.74, 6) is -4.01. The highest BCUT2D eigenvalue weighted by molar-refractivity contribution is 6.55. The summed E-state index contributed by atoms with van der Waals surface area (Å²) < 4.78 is 51.7. The van der Waals surface area contributed by atoms with Crippen LogP contribution < -0.4 is 5.73 Å². The number of nitrogens with two attached hydrogens (primary N) is 1. The first-order chi connectivity index (χ1) is 10.1. The highest BCUT2D eigenvalue weighted by Gasteiger charge is 2.52. The van der Waals surface area contributed by atoms with Gasteiger partial charge < -0.3 is 15.0 Å². The second-order valence-corrected chi connectivity index (χ2v) is 6.28. The minimum absolute atomic E-state index is 0.0370. The maximum atomic E-state index is 13.8. The average Bonchev–Trinajstić information content (AvgIpc) is 2.64. The minimum Gasteiger partial charge on any atom is -0.400 e. The topological polar surface area (TPSA) is 44.5 Å². The van der Waals surface area contributed by atoms with Gasteiger partial charge in [0, 0.05) is 12.1 Å². The molecule has 1 saturated heterocycles. The molecule has 2 N–H and O–H groups in total. The van der Waals surface area contributed by atoms with Gasteiger partial charge in [-0.15, -0.1) is 0 Å². The maximum Gasteiger partial charge on any atom is 0.491 e. The third kappa shape index (κ3) is 2.93. The van der Waals surface area contributed by atoms with Gasteiger partial charge in [0.05, 0.1) is 11.2 Å². The first-order valence-corrected chi connectivity index (χ1v) is 6.99. The Morgan fingerprint density at radius 3 is 2.14 bits per heavy atom. The van der Waals surface area contributed by atoms with Crippen LogP contribution in [0.2, 0.25) is 0 Å². The molecule has 1 aliphatic heterocycles. The fraction of sp³-hybridized carbons (Fsp3) is 0.467. The van der Waals surface area contributed by atoms with Crippen molar-refractivity contribution in [2.24, 2.45) is 5.73 Å². The van der Waals surface area contributed by atoms with E-state index in [0.717, 1.165) is 12.1 Å². The summed E-state index contributed by atoms with van der Waals surface area (Å²) in [6, 6.07) is 2.01. The Morgan fingerprint density at radius 2 is 1.64 bits per heavy atom. The molecule has 0 atom stereocenters. The molecule has 0 bridgehead atoms. The van der Waals surface area contributed by atoms with Crippen LogP contribution in [0.3, 0.4) is 0 Å². The lowest BCUT2D eigenvalue weighted by atomic mass is 9.77. The van der Waals surface area contributed by atoms with Gasteiger partial charge in [-0.3, -0.25) is 0 Å². The van der Waals surface area contributed by atoms with Gasteiger partial charge in [0.2, 0.25) is 0 Å². The van der Waals surface area contributed by atoms with E-state index in [1.807, 2.05) is 27.7 Å². The molecule has 1 heterocycles. The number of hydrogen-bond acceptors (Lipinski definition) is 3. The van der Waals surface area contributed by atoms with Crippen LogP contribution in [-0.2, 0) is 9.31 Å². The zero-order valence-corrected chi connectivity index (χ0v) is 13.0. The van der Waals surface area contributed by atoms with Crippen LogP contribution in [-0.4, -0.2) is 24.9 Å². The standard InChI is InChI=1S/C15H19BF3NO2/c1-14(2)15(3,4)22-16(21-14)10(8-20)7-9-5-6-11(17)13(19)12(9)18/h5-7H,8,20H2,1-4H3. The molecule has 1 fully saturated rings. The van der Waals surface area contributed by atoms with Gasteiger partial charge in [-0.2, -0.15) is 0 Å². The zero-order valence-electron chi connectivity index (χ0n) is 13.0. The monoisotopic (exact) mass is 313 g/mol. The lowest BCUT2D eigenvalue weighted by Crippen LogP contribution is -2.41. The minimum atomic E-state index is -1.51. The first kappa shape index (κ1) is 17.1. The van der Waals surface area contributed by atoms with E-state index in [-0.39, 0.29) is 12.1 Å². The summed E-state index contributed by atoms with van der Waals surface area (Å²) >= 11 is 0. The summed E-state index contributed by atoms with van der Waals surface area (Å²) in [4.78, 5) is 0. The van der Waals surface area contributed by atoms with Crippen molar-refractivity contribution in [2.75, 3.05) is 6.54 Å². The van der Waals surface area contributed by atoms with Gasteiger partial charge >= 0.3 is 7.12 Å². The van der Waals surface area contributed by atoms with E-state index in [1.54, 1.807) is 0 Å². The molecule has 1 aromatic rings. The molecule has 22 heavy (non-hydrogen) atoms. The van der Waals surface area contributed by atoms with Crippen LogP contribution in [0.4, 0.5) is 13.2 Å². The molecule has 1 aromatic carbocycles. The lowest BCUT2D eigenvalue weighted by molar-refractivity contribution is 0.00578. The molecule has 0 aromatic heterocycles. The molecule has 2 rings (SSSR count). The zero-order chi connectivity index (χ0) is 16.7. The fourth-order valence-electron chi connectivity index (χ4n) is 2.07. The largest absolute Gasteiger partial charge is 0.491 e. The molecule has 0 amide bonds. The van der Waals surface area contributed by atoms with Crippen LogP contribution >= 0.6 is 0 Å². The molecular formula is C15H19BF3NO2. The predicted molar refractivity (Wildman–Crippen MR) is 79.4 cm³/mol. The quantitative estimate of drug-likeness (QED) is 0.689. The van der Waals surface area contributed by atoms with Gasteiger partial charge in [-0.1, -0.05) is 6.08 Å². The first-order valence-electron chi connectivity index (χ1n) is 6.99. The van der Waals surface area contributed by atoms with E-state index >= 15 is 0 Å². The third-order valence-electron chi connectivity index (χ3n) is 4.20. The van der Waals surface area contributed by atoms with Crippen LogP contribution in [0, 0.1) is 17.5 Å². The van der Waals surface area contributed by atoms with E-state index in [0.29, 0.717) is 5.47 Å². The second kappa shape index (κ2) is 5.72. The Bertz CT molecular complexity index is 601. The SMILES string of the molecule is CC1(C)OB(C(=Cc2ccc(F)c(F)c2F)CN)OC1(C)C. The predicted octanol–water partition coefficient (Wildman–Crippen LogP) is 3.08. The van der Waals surface area contributed by atoms with E-state index in [2.05, 4.69) is 0 Å². The van der Waals surface area contributed by atoms with E-state index in [1.165, 1.54) is 6.08 Å². The van der Waals surface area contributed by atoms with Crippen molar-refractivity contribution >= 4 is 13.2 Å². The molecule has 120 valence electrons. The van der Waals surface area contributed by atoms with Crippen molar-refractivity contribution in [3.63, 3.8) is 0 Å². The van der Waals surface area contributed by atoms with Crippen LogP contribution in [0.5, 0.6) is 0 Å². The maximum absolute atomic E-state index is 13.8. The second-order valence-electron chi connectivity index (χ2n) is 6.28. The lowest BCUT2D eigenvalue weighted by Gasteiger charge is -2.32. The van der Waals surface area contributed by atoms with Crippen LogP contribution in [0.25, 0.3) is 6.08 Å². The van der Waals surface area contributed by atoms with E-state index < -0.39 is 35.8 Å². The Hall–Kier alpha value is -1.31. The third-order valence-corrected chi connectivity index (χ3v) is 4.20. The van der Waals surface area contributed by atoms with Crippen LogP contribution in [0.15, 0.2) is 17.6 Å². The molecule has 0 aliphatic carbocycles. The highest BCUT2D eigenvalue weighted by atomic mass is 19.2. The number of hydrogen-bond donors (Lipinski definition) is 1. The number of rotatable bonds is 3. The Labute approximate surface area is 128 Å². The summed E-state index contributed by atoms with van der Waals surface area (Å²) in [7, 11) is -0.762. The van der Waals surface area contributed by atoms with E-state index in [9.17, 15) is 13.2 Å². The van der Waals surface area contributed by atoms with Gasteiger partial charge in [0.25, 0.3) is 0 Å². The van der Waals surface area contributed by atoms with Crippen molar-refractivity contribution in [3.05, 3.63) is 40.6 Å². The van der Waals surface area contributed by atoms with Gasteiger partial charge in [-0.05, 0) is 45.3 Å². The Balaban J connectivity index is 2.36. The highest BCUT2D eigenvalue weighted by Crippen LogP contribution is 2.38. The van der Waals surface area contributed by atoms with E-state index in [4.69, 9.17) is 15.0 Å². The smallest absolute Gasteiger partial charge is 0.400 e. The average molecular weight is 313 g/mol. The summed E-state index contributed by atoms with van der Waals surface area (Å²) in [6.45, 7) is 7.53. The summed E-state index contributed by atoms with van der Waals surface area (Å²) in [5.41, 5.74) is 4.88. The van der Waals surface area contributed by atoms with Crippen molar-refractivity contribution in [1.82, 2.24) is 0 Å². The summed E-state index contributed by atoms with van der Waals surface area (Å²) in [6.07, 6.45) is 1.33. The van der Waals surface area contributed by atoms with Crippen molar-refractivity contribution in [2.45, 2.75) is 38.9 Å². The molecule has 0 radical (unpaired) electrons. The van der Waals surface area contributed by atoms with Gasteiger partial charge in [0.1, 0.15) is 0 Å². The van der Waals surface area contributed by atoms with Crippen molar-refractivity contribution < 1.29 is 22.5 Å². The Kier molecular flexibility index (Phi) is 4.43. The molecule has 0 saturated carbocycles. The molecule has 1 aliphatic rings. The molecule has 0 unspecified atom stereocenters. The molecular weight excluding hydrogens is 294 g/mol. The number of halogens is 3. The molecule has 3 nitrogen and oxygen atoms in total. The normalized spacial score (nSPS) is 20.5. The fourth-order valence-corrected chi connectivity index (χ4v) is 2.07. The van der Waals surface area contributed by atoms with Gasteiger partial charge in [0.15, 0.2) is 17.5 Å². The summed E-state index contributed by atoms with van der Waals surface area (Å²) in [5, 5.41) is 0. The van der Waals surface area contributed by atoms with Crippen LogP contribution in [0.1, 0.15) is 33.3 Å². The Morgan fingerprint density at radius 1 is 1.09 bits per heavy atom.